The normalized spacial score (nSPS) is 12.9. The minimum Gasteiger partial charge on any atom is -0.360 e. The first-order chi connectivity index (χ1) is 11.2. The van der Waals surface area contributed by atoms with Gasteiger partial charge in [0.05, 0.1) is 6.10 Å². The van der Waals surface area contributed by atoms with Crippen molar-refractivity contribution in [3.8, 4) is 0 Å². The van der Waals surface area contributed by atoms with Crippen LogP contribution in [0.5, 0.6) is 0 Å². The quantitative estimate of drug-likeness (QED) is 0.218. The second-order valence-corrected chi connectivity index (χ2v) is 7.20. The summed E-state index contributed by atoms with van der Waals surface area (Å²) in [5.74, 6) is 0. The zero-order valence-electron chi connectivity index (χ0n) is 16.5. The highest BCUT2D eigenvalue weighted by molar-refractivity contribution is 4.62. The minimum atomic E-state index is -0.0508. The zero-order valence-corrected chi connectivity index (χ0v) is 16.5. The molecule has 0 heterocycles. The molecule has 0 radical (unpaired) electrons. The Bertz CT molecular complexity index is 204. The van der Waals surface area contributed by atoms with Gasteiger partial charge >= 0.3 is 0 Å². The Balaban J connectivity index is 3.84. The molecule has 140 valence electrons. The second-order valence-electron chi connectivity index (χ2n) is 7.20. The Labute approximate surface area is 146 Å². The predicted octanol–water partition coefficient (Wildman–Crippen LogP) is 6.96. The Kier molecular flexibility index (Phi) is 18.2. The van der Waals surface area contributed by atoms with E-state index in [1.54, 1.807) is 0 Å². The summed E-state index contributed by atoms with van der Waals surface area (Å²) in [6.45, 7) is 6.73. The van der Waals surface area contributed by atoms with Crippen molar-refractivity contribution in [2.45, 2.75) is 136 Å². The van der Waals surface area contributed by atoms with Crippen LogP contribution in [0.1, 0.15) is 124 Å². The Morgan fingerprint density at radius 1 is 0.565 bits per heavy atom. The zero-order chi connectivity index (χ0) is 17.2. The van der Waals surface area contributed by atoms with Crippen LogP contribution in [-0.2, 0) is 4.74 Å². The first-order valence-corrected chi connectivity index (χ1v) is 10.7. The molecule has 1 atom stereocenters. The molecule has 0 aromatic rings. The molecule has 2 nitrogen and oxygen atoms in total. The van der Waals surface area contributed by atoms with Crippen LogP contribution in [0.25, 0.3) is 0 Å². The van der Waals surface area contributed by atoms with Gasteiger partial charge in [-0.15, -0.1) is 0 Å². The highest BCUT2D eigenvalue weighted by Gasteiger charge is 2.13. The Morgan fingerprint density at radius 3 is 1.43 bits per heavy atom. The Morgan fingerprint density at radius 2 is 1.00 bits per heavy atom. The summed E-state index contributed by atoms with van der Waals surface area (Å²) < 4.78 is 6.12. The van der Waals surface area contributed by atoms with E-state index < -0.39 is 0 Å². The number of ether oxygens (including phenoxy) is 1. The molecule has 0 saturated carbocycles. The molecule has 2 N–H and O–H groups in total. The van der Waals surface area contributed by atoms with Gasteiger partial charge in [0, 0.05) is 0 Å². The van der Waals surface area contributed by atoms with Crippen LogP contribution in [0.3, 0.4) is 0 Å². The third-order valence-electron chi connectivity index (χ3n) is 4.70. The van der Waals surface area contributed by atoms with Crippen molar-refractivity contribution in [3.63, 3.8) is 0 Å². The van der Waals surface area contributed by atoms with Crippen molar-refractivity contribution in [1.82, 2.24) is 0 Å². The molecule has 2 heteroatoms. The second kappa shape index (κ2) is 18.3. The van der Waals surface area contributed by atoms with Crippen LogP contribution in [-0.4, -0.2) is 12.3 Å². The molecule has 0 fully saturated rings. The van der Waals surface area contributed by atoms with Gasteiger partial charge in [-0.2, -0.15) is 0 Å². The van der Waals surface area contributed by atoms with Gasteiger partial charge in [0.2, 0.25) is 0 Å². The highest BCUT2D eigenvalue weighted by Crippen LogP contribution is 2.18. The third kappa shape index (κ3) is 16.6. The number of hydrogen-bond donors (Lipinski definition) is 1. The van der Waals surface area contributed by atoms with E-state index in [-0.39, 0.29) is 6.23 Å². The fourth-order valence-corrected chi connectivity index (χ4v) is 3.18. The Hall–Kier alpha value is -0.0800. The van der Waals surface area contributed by atoms with Crippen molar-refractivity contribution in [1.29, 1.82) is 0 Å². The maximum atomic E-state index is 6.12. The molecule has 0 saturated heterocycles. The van der Waals surface area contributed by atoms with Gasteiger partial charge < -0.3 is 10.5 Å². The number of rotatable bonds is 18. The molecule has 0 aromatic heterocycles. The number of hydrogen-bond acceptors (Lipinski definition) is 2. The van der Waals surface area contributed by atoms with Crippen LogP contribution >= 0.6 is 0 Å². The smallest absolute Gasteiger partial charge is 0.105 e. The number of unbranched alkanes of at least 4 members (excludes halogenated alkanes) is 10. The molecule has 0 bridgehead atoms. The molecule has 0 rings (SSSR count). The summed E-state index contributed by atoms with van der Waals surface area (Å²) in [6.07, 6.45) is 21.2. The van der Waals surface area contributed by atoms with Gasteiger partial charge in [0.25, 0.3) is 0 Å². The standard InChI is InChI=1S/C21H45NO/c1-4-7-9-11-13-15-18-20(23-21(22)17-6-3)19-16-14-12-10-8-5-2/h20-21H,4-19,22H2,1-3H3. The van der Waals surface area contributed by atoms with E-state index in [0.717, 1.165) is 12.8 Å². The fourth-order valence-electron chi connectivity index (χ4n) is 3.18. The van der Waals surface area contributed by atoms with Gasteiger partial charge in [0.1, 0.15) is 6.23 Å². The van der Waals surface area contributed by atoms with E-state index in [1.807, 2.05) is 0 Å². The third-order valence-corrected chi connectivity index (χ3v) is 4.70. The van der Waals surface area contributed by atoms with Crippen LogP contribution in [0.15, 0.2) is 0 Å². The predicted molar refractivity (Wildman–Crippen MR) is 104 cm³/mol. The van der Waals surface area contributed by atoms with E-state index in [2.05, 4.69) is 20.8 Å². The summed E-state index contributed by atoms with van der Waals surface area (Å²) in [7, 11) is 0. The lowest BCUT2D eigenvalue weighted by molar-refractivity contribution is -0.0235. The maximum absolute atomic E-state index is 6.12. The van der Waals surface area contributed by atoms with Gasteiger partial charge in [-0.3, -0.25) is 0 Å². The van der Waals surface area contributed by atoms with E-state index >= 15 is 0 Å². The van der Waals surface area contributed by atoms with E-state index in [4.69, 9.17) is 10.5 Å². The molecule has 23 heavy (non-hydrogen) atoms. The summed E-state index contributed by atoms with van der Waals surface area (Å²) >= 11 is 0. The first kappa shape index (κ1) is 22.9. The van der Waals surface area contributed by atoms with Gasteiger partial charge in [-0.25, -0.2) is 0 Å². The monoisotopic (exact) mass is 327 g/mol. The molecule has 0 aliphatic rings. The van der Waals surface area contributed by atoms with Crippen molar-refractivity contribution in [3.05, 3.63) is 0 Å². The van der Waals surface area contributed by atoms with E-state index in [9.17, 15) is 0 Å². The largest absolute Gasteiger partial charge is 0.360 e. The number of nitrogens with two attached hydrogens (primary N) is 1. The summed E-state index contributed by atoms with van der Waals surface area (Å²) in [5.41, 5.74) is 6.10. The molecule has 0 amide bonds. The van der Waals surface area contributed by atoms with Crippen molar-refractivity contribution in [2.24, 2.45) is 5.73 Å². The molecule has 0 aliphatic heterocycles. The van der Waals surface area contributed by atoms with Crippen molar-refractivity contribution >= 4 is 0 Å². The van der Waals surface area contributed by atoms with E-state index in [1.165, 1.54) is 89.9 Å². The maximum Gasteiger partial charge on any atom is 0.105 e. The minimum absolute atomic E-state index is 0.0508. The van der Waals surface area contributed by atoms with Gasteiger partial charge in [-0.1, -0.05) is 104 Å². The van der Waals surface area contributed by atoms with Crippen molar-refractivity contribution in [2.75, 3.05) is 0 Å². The average molecular weight is 328 g/mol. The fraction of sp³-hybridized carbons (Fsp3) is 1.00. The van der Waals surface area contributed by atoms with Crippen molar-refractivity contribution < 1.29 is 4.74 Å². The lowest BCUT2D eigenvalue weighted by Crippen LogP contribution is -2.29. The van der Waals surface area contributed by atoms with Gasteiger partial charge in [0.15, 0.2) is 0 Å². The summed E-state index contributed by atoms with van der Waals surface area (Å²) in [5, 5.41) is 0. The average Bonchev–Trinajstić information content (AvgIpc) is 2.53. The first-order valence-electron chi connectivity index (χ1n) is 10.7. The lowest BCUT2D eigenvalue weighted by Gasteiger charge is -2.22. The summed E-state index contributed by atoms with van der Waals surface area (Å²) in [6, 6.07) is 0. The lowest BCUT2D eigenvalue weighted by atomic mass is 10.0. The van der Waals surface area contributed by atoms with Crippen LogP contribution in [0.2, 0.25) is 0 Å². The summed E-state index contributed by atoms with van der Waals surface area (Å²) in [4.78, 5) is 0. The topological polar surface area (TPSA) is 35.2 Å². The van der Waals surface area contributed by atoms with E-state index in [0.29, 0.717) is 6.10 Å². The molecular formula is C21H45NO. The molecule has 1 unspecified atom stereocenters. The van der Waals surface area contributed by atoms with Crippen LogP contribution < -0.4 is 5.73 Å². The molecular weight excluding hydrogens is 282 g/mol. The molecule has 0 spiro atoms. The molecule has 0 aromatic carbocycles. The van der Waals surface area contributed by atoms with Crippen LogP contribution in [0.4, 0.5) is 0 Å². The molecule has 0 aliphatic carbocycles. The van der Waals surface area contributed by atoms with Crippen LogP contribution in [0, 0.1) is 0 Å². The highest BCUT2D eigenvalue weighted by atomic mass is 16.5. The SMILES string of the molecule is CCCCCCCCC(CCCCCCCC)OC(N)CCC. The van der Waals surface area contributed by atoms with Gasteiger partial charge in [-0.05, 0) is 19.3 Å².